The summed E-state index contributed by atoms with van der Waals surface area (Å²) < 4.78 is 34.4. The van der Waals surface area contributed by atoms with Crippen LogP contribution < -0.4 is 10.7 Å². The summed E-state index contributed by atoms with van der Waals surface area (Å²) in [5, 5.41) is 12.9. The van der Waals surface area contributed by atoms with Gasteiger partial charge in [0.05, 0.1) is 12.6 Å². The van der Waals surface area contributed by atoms with Gasteiger partial charge in [-0.3, -0.25) is 14.4 Å². The Morgan fingerprint density at radius 3 is 2.81 bits per heavy atom. The van der Waals surface area contributed by atoms with E-state index in [0.717, 1.165) is 18.9 Å². The van der Waals surface area contributed by atoms with E-state index < -0.39 is 40.9 Å². The third-order valence-corrected chi connectivity index (χ3v) is 7.08. The standard InChI is InChI=1S/C22H19F2N3O5/c23-10-2-1-9(14(24)3-10)6-25-21(30)13-7-26-8-17-27(22(31)18(26)20(29)19(13)28)15-5-16(32-17)12-4-11(12)15/h1-3,7,11-12,15-17,29H,4-6,8H2,(H,25,30)/t11-,12+,15-,16+,17-/m1/s1. The quantitative estimate of drug-likeness (QED) is 0.746. The third kappa shape index (κ3) is 2.72. The second kappa shape index (κ2) is 6.61. The van der Waals surface area contributed by atoms with Gasteiger partial charge in [0.25, 0.3) is 11.8 Å². The molecule has 166 valence electrons. The number of aromatic hydroxyl groups is 1. The van der Waals surface area contributed by atoms with E-state index in [2.05, 4.69) is 5.32 Å². The Kier molecular flexibility index (Phi) is 4.01. The molecule has 2 bridgehead atoms. The molecule has 2 aromatic rings. The molecule has 8 nitrogen and oxygen atoms in total. The van der Waals surface area contributed by atoms with Gasteiger partial charge in [0.2, 0.25) is 5.43 Å². The van der Waals surface area contributed by atoms with Gasteiger partial charge in [-0.15, -0.1) is 0 Å². The summed E-state index contributed by atoms with van der Waals surface area (Å²) in [5.41, 5.74) is -1.47. The lowest BCUT2D eigenvalue weighted by Gasteiger charge is -2.45. The SMILES string of the molecule is O=C(NCc1ccc(F)cc1F)c1cn2c(c(O)c1=O)C(=O)N1[C@@H]3C[C@H](O[C@@H]1C2)[C@H]1C[C@H]13. The number of pyridine rings is 1. The van der Waals surface area contributed by atoms with Crippen molar-refractivity contribution in [3.63, 3.8) is 0 Å². The van der Waals surface area contributed by atoms with Crippen molar-refractivity contribution >= 4 is 11.8 Å². The van der Waals surface area contributed by atoms with Crippen molar-refractivity contribution in [2.75, 3.05) is 0 Å². The van der Waals surface area contributed by atoms with Crippen LogP contribution in [0.15, 0.2) is 29.2 Å². The normalized spacial score (nSPS) is 29.2. The zero-order valence-corrected chi connectivity index (χ0v) is 16.8. The topological polar surface area (TPSA) is 101 Å². The molecule has 2 saturated carbocycles. The van der Waals surface area contributed by atoms with E-state index in [4.69, 9.17) is 4.74 Å². The Morgan fingerprint density at radius 1 is 1.22 bits per heavy atom. The molecule has 2 amide bonds. The molecule has 0 unspecified atom stereocenters. The molecule has 4 aliphatic rings. The Labute approximate surface area is 180 Å². The summed E-state index contributed by atoms with van der Waals surface area (Å²) >= 11 is 0. The number of hydrogen-bond donors (Lipinski definition) is 2. The van der Waals surface area contributed by atoms with Crippen LogP contribution in [0.5, 0.6) is 5.75 Å². The third-order valence-electron chi connectivity index (χ3n) is 7.08. The highest BCUT2D eigenvalue weighted by molar-refractivity contribution is 5.99. The summed E-state index contributed by atoms with van der Waals surface area (Å²) in [6.07, 6.45) is 2.62. The molecule has 3 fully saturated rings. The highest BCUT2D eigenvalue weighted by Crippen LogP contribution is 2.58. The fourth-order valence-electron chi connectivity index (χ4n) is 5.47. The Morgan fingerprint density at radius 2 is 2.03 bits per heavy atom. The van der Waals surface area contributed by atoms with E-state index in [1.807, 2.05) is 0 Å². The van der Waals surface area contributed by atoms with Gasteiger partial charge in [-0.1, -0.05) is 6.07 Å². The minimum Gasteiger partial charge on any atom is -0.503 e. The van der Waals surface area contributed by atoms with Crippen LogP contribution in [0.1, 0.15) is 39.3 Å². The molecule has 0 radical (unpaired) electrons. The number of aromatic nitrogens is 1. The number of rotatable bonds is 3. The van der Waals surface area contributed by atoms with Crippen LogP contribution >= 0.6 is 0 Å². The maximum atomic E-state index is 13.8. The molecule has 5 atom stereocenters. The van der Waals surface area contributed by atoms with Crippen LogP contribution in [0, 0.1) is 23.5 Å². The van der Waals surface area contributed by atoms with Crippen molar-refractivity contribution in [3.8, 4) is 5.75 Å². The molecule has 1 aromatic heterocycles. The molecule has 32 heavy (non-hydrogen) atoms. The maximum Gasteiger partial charge on any atom is 0.276 e. The zero-order chi connectivity index (χ0) is 22.3. The second-order valence-electron chi connectivity index (χ2n) is 8.85. The first-order valence-corrected chi connectivity index (χ1v) is 10.5. The summed E-state index contributed by atoms with van der Waals surface area (Å²) in [6, 6.07) is 2.99. The van der Waals surface area contributed by atoms with Crippen LogP contribution in [-0.4, -0.2) is 44.8 Å². The van der Waals surface area contributed by atoms with Crippen LogP contribution in [0.2, 0.25) is 0 Å². The first-order chi connectivity index (χ1) is 15.3. The number of amides is 2. The number of nitrogens with one attached hydrogen (secondary N) is 1. The number of fused-ring (bicyclic) bond motifs is 8. The minimum absolute atomic E-state index is 0.0394. The van der Waals surface area contributed by atoms with Crippen molar-refractivity contribution in [1.82, 2.24) is 14.8 Å². The molecule has 1 saturated heterocycles. The monoisotopic (exact) mass is 443 g/mol. The number of nitrogens with zero attached hydrogens (tertiary/aromatic N) is 2. The molecule has 0 spiro atoms. The summed E-state index contributed by atoms with van der Waals surface area (Å²) in [7, 11) is 0. The van der Waals surface area contributed by atoms with Crippen LogP contribution in [0.3, 0.4) is 0 Å². The van der Waals surface area contributed by atoms with Gasteiger partial charge in [-0.2, -0.15) is 0 Å². The predicted octanol–water partition coefficient (Wildman–Crippen LogP) is 1.35. The van der Waals surface area contributed by atoms with E-state index >= 15 is 0 Å². The minimum atomic E-state index is -0.980. The molecule has 3 heterocycles. The van der Waals surface area contributed by atoms with Crippen LogP contribution in [0.4, 0.5) is 8.78 Å². The first-order valence-electron chi connectivity index (χ1n) is 10.5. The Hall–Kier alpha value is -3.27. The molecule has 1 aromatic carbocycles. The van der Waals surface area contributed by atoms with E-state index in [0.29, 0.717) is 17.9 Å². The Balaban J connectivity index is 1.29. The van der Waals surface area contributed by atoms with Gasteiger partial charge in [0.1, 0.15) is 17.2 Å². The average molecular weight is 443 g/mol. The highest BCUT2D eigenvalue weighted by Gasteiger charge is 2.63. The van der Waals surface area contributed by atoms with Crippen LogP contribution in [0.25, 0.3) is 0 Å². The molecule has 2 aliphatic carbocycles. The summed E-state index contributed by atoms with van der Waals surface area (Å²) in [4.78, 5) is 40.1. The fourth-order valence-corrected chi connectivity index (χ4v) is 5.47. The van der Waals surface area contributed by atoms with Crippen molar-refractivity contribution < 1.29 is 28.2 Å². The second-order valence-corrected chi connectivity index (χ2v) is 8.85. The van der Waals surface area contributed by atoms with Crippen molar-refractivity contribution in [2.45, 2.75) is 44.3 Å². The molecule has 6 rings (SSSR count). The van der Waals surface area contributed by atoms with Crippen molar-refractivity contribution in [2.24, 2.45) is 11.8 Å². The lowest BCUT2D eigenvalue weighted by molar-refractivity contribution is -0.144. The zero-order valence-electron chi connectivity index (χ0n) is 16.8. The number of benzene rings is 1. The first kappa shape index (κ1) is 19.4. The molecular weight excluding hydrogens is 424 g/mol. The number of carbonyl (C=O) groups is 2. The predicted molar refractivity (Wildman–Crippen MR) is 105 cm³/mol. The lowest BCUT2D eigenvalue weighted by Crippen LogP contribution is -2.58. The smallest absolute Gasteiger partial charge is 0.276 e. The van der Waals surface area contributed by atoms with Gasteiger partial charge >= 0.3 is 0 Å². The van der Waals surface area contributed by atoms with E-state index in [1.54, 1.807) is 4.90 Å². The Bertz CT molecular complexity index is 1240. The number of halogens is 2. The molecule has 10 heteroatoms. The summed E-state index contributed by atoms with van der Waals surface area (Å²) in [5.74, 6) is -2.82. The largest absolute Gasteiger partial charge is 0.503 e. The van der Waals surface area contributed by atoms with Crippen molar-refractivity contribution in [3.05, 3.63) is 63.1 Å². The van der Waals surface area contributed by atoms with Crippen LogP contribution in [-0.2, 0) is 17.8 Å². The molecule has 2 N–H and O–H groups in total. The van der Waals surface area contributed by atoms with Gasteiger partial charge in [-0.25, -0.2) is 8.78 Å². The maximum absolute atomic E-state index is 13.8. The average Bonchev–Trinajstić information content (AvgIpc) is 3.50. The van der Waals surface area contributed by atoms with E-state index in [1.165, 1.54) is 16.8 Å². The number of carbonyl (C=O) groups excluding carboxylic acids is 2. The summed E-state index contributed by atoms with van der Waals surface area (Å²) in [6.45, 7) is -0.0916. The molecule has 2 aliphatic heterocycles. The lowest BCUT2D eigenvalue weighted by atomic mass is 10.0. The van der Waals surface area contributed by atoms with Gasteiger partial charge in [0, 0.05) is 30.4 Å². The fraction of sp³-hybridized carbons (Fsp3) is 0.409. The highest BCUT2D eigenvalue weighted by atomic mass is 19.1. The number of ether oxygens (including phenoxy) is 1. The van der Waals surface area contributed by atoms with E-state index in [-0.39, 0.29) is 42.1 Å². The van der Waals surface area contributed by atoms with Gasteiger partial charge < -0.3 is 24.6 Å². The van der Waals surface area contributed by atoms with E-state index in [9.17, 15) is 28.3 Å². The van der Waals surface area contributed by atoms with Crippen molar-refractivity contribution in [1.29, 1.82) is 0 Å². The van der Waals surface area contributed by atoms with Gasteiger partial charge in [0.15, 0.2) is 17.7 Å². The van der Waals surface area contributed by atoms with Gasteiger partial charge in [-0.05, 0) is 30.7 Å². The number of hydrogen-bond acceptors (Lipinski definition) is 5. The molecular formula is C22H19F2N3O5.